The van der Waals surface area contributed by atoms with E-state index in [0.29, 0.717) is 31.2 Å². The van der Waals surface area contributed by atoms with E-state index in [4.69, 9.17) is 4.74 Å². The standard InChI is InChI=1S/C29H32N2O3S/c1-20-8-11-26(21(2)16-20)34-19-25-24-13-15-35-27(24)12-14-31(25)28(32)18-30(17-22-9-10-22)29(33)23-6-4-3-5-7-23/h3-8,11,13,15-16,22,25H,9-10,12,14,17-19H2,1-2H3. The summed E-state index contributed by atoms with van der Waals surface area (Å²) in [6.45, 7) is 5.90. The number of amides is 2. The predicted molar refractivity (Wildman–Crippen MR) is 139 cm³/mol. The zero-order valence-electron chi connectivity index (χ0n) is 20.4. The number of carbonyl (C=O) groups excluding carboxylic acids is 2. The van der Waals surface area contributed by atoms with Crippen LogP contribution in [-0.2, 0) is 11.2 Å². The van der Waals surface area contributed by atoms with Crippen LogP contribution in [0.25, 0.3) is 0 Å². The Bertz CT molecular complexity index is 1200. The molecular weight excluding hydrogens is 456 g/mol. The first-order chi connectivity index (χ1) is 17.0. The number of hydrogen-bond acceptors (Lipinski definition) is 4. The highest BCUT2D eigenvalue weighted by Crippen LogP contribution is 2.35. The van der Waals surface area contributed by atoms with E-state index in [9.17, 15) is 9.59 Å². The van der Waals surface area contributed by atoms with Crippen LogP contribution in [-0.4, -0.2) is 47.9 Å². The lowest BCUT2D eigenvalue weighted by molar-refractivity contribution is -0.135. The van der Waals surface area contributed by atoms with Gasteiger partial charge in [0.2, 0.25) is 5.91 Å². The lowest BCUT2D eigenvalue weighted by atomic mass is 10.00. The largest absolute Gasteiger partial charge is 0.491 e. The normalized spacial score (nSPS) is 17.1. The van der Waals surface area contributed by atoms with Gasteiger partial charge >= 0.3 is 0 Å². The van der Waals surface area contributed by atoms with E-state index >= 15 is 0 Å². The average Bonchev–Trinajstić information content (AvgIpc) is 3.55. The van der Waals surface area contributed by atoms with Gasteiger partial charge in [0, 0.05) is 23.5 Å². The van der Waals surface area contributed by atoms with Crippen molar-refractivity contribution in [3.05, 3.63) is 87.1 Å². The van der Waals surface area contributed by atoms with Crippen molar-refractivity contribution in [2.24, 2.45) is 5.92 Å². The maximum atomic E-state index is 13.7. The van der Waals surface area contributed by atoms with Gasteiger partial charge in [-0.1, -0.05) is 35.9 Å². The second-order valence-corrected chi connectivity index (χ2v) is 10.7. The van der Waals surface area contributed by atoms with Gasteiger partial charge in [0.1, 0.15) is 18.9 Å². The Morgan fingerprint density at radius 1 is 1.09 bits per heavy atom. The Balaban J connectivity index is 1.34. The summed E-state index contributed by atoms with van der Waals surface area (Å²) in [6.07, 6.45) is 3.09. The Morgan fingerprint density at radius 2 is 1.89 bits per heavy atom. The number of fused-ring (bicyclic) bond motifs is 1. The van der Waals surface area contributed by atoms with Gasteiger partial charge in [-0.05, 0) is 79.8 Å². The summed E-state index contributed by atoms with van der Waals surface area (Å²) in [5.41, 5.74) is 4.09. The third-order valence-electron chi connectivity index (χ3n) is 6.95. The molecule has 1 atom stereocenters. The summed E-state index contributed by atoms with van der Waals surface area (Å²) < 4.78 is 6.26. The second kappa shape index (κ2) is 10.2. The van der Waals surface area contributed by atoms with E-state index < -0.39 is 0 Å². The smallest absolute Gasteiger partial charge is 0.254 e. The molecule has 6 heteroatoms. The molecule has 0 spiro atoms. The number of carbonyl (C=O) groups is 2. The van der Waals surface area contributed by atoms with Gasteiger partial charge in [-0.25, -0.2) is 0 Å². The van der Waals surface area contributed by atoms with E-state index in [0.717, 1.165) is 30.6 Å². The van der Waals surface area contributed by atoms with Gasteiger partial charge in [0.05, 0.1) is 6.04 Å². The third kappa shape index (κ3) is 5.43. The molecule has 2 amide bonds. The van der Waals surface area contributed by atoms with Crippen LogP contribution in [0.4, 0.5) is 0 Å². The van der Waals surface area contributed by atoms with Crippen LogP contribution in [0.5, 0.6) is 5.75 Å². The molecule has 5 rings (SSSR count). The van der Waals surface area contributed by atoms with Crippen molar-refractivity contribution in [3.8, 4) is 5.75 Å². The SMILES string of the molecule is Cc1ccc(OCC2c3ccsc3CCN2C(=O)CN(CC2CC2)C(=O)c2ccccc2)c(C)c1. The van der Waals surface area contributed by atoms with Crippen molar-refractivity contribution in [2.45, 2.75) is 39.2 Å². The number of hydrogen-bond donors (Lipinski definition) is 0. The van der Waals surface area contributed by atoms with Crippen LogP contribution in [0.2, 0.25) is 0 Å². The molecule has 1 aliphatic heterocycles. The highest BCUT2D eigenvalue weighted by Gasteiger charge is 2.35. The van der Waals surface area contributed by atoms with Crippen LogP contribution in [0.3, 0.4) is 0 Å². The molecule has 2 aliphatic rings. The highest BCUT2D eigenvalue weighted by atomic mass is 32.1. The van der Waals surface area contributed by atoms with E-state index in [1.54, 1.807) is 16.2 Å². The van der Waals surface area contributed by atoms with Crippen LogP contribution < -0.4 is 4.74 Å². The lowest BCUT2D eigenvalue weighted by Crippen LogP contribution is -2.48. The van der Waals surface area contributed by atoms with Gasteiger partial charge in [0.15, 0.2) is 0 Å². The molecule has 0 N–H and O–H groups in total. The molecule has 2 heterocycles. The zero-order chi connectivity index (χ0) is 24.4. The summed E-state index contributed by atoms with van der Waals surface area (Å²) >= 11 is 1.74. The molecule has 1 fully saturated rings. The Morgan fingerprint density at radius 3 is 2.63 bits per heavy atom. The zero-order valence-corrected chi connectivity index (χ0v) is 21.2. The van der Waals surface area contributed by atoms with Crippen molar-refractivity contribution in [3.63, 3.8) is 0 Å². The van der Waals surface area contributed by atoms with Gasteiger partial charge < -0.3 is 14.5 Å². The number of nitrogens with zero attached hydrogens (tertiary/aromatic N) is 2. The first kappa shape index (κ1) is 23.6. The first-order valence-electron chi connectivity index (χ1n) is 12.4. The molecule has 1 saturated carbocycles. The second-order valence-electron chi connectivity index (χ2n) is 9.73. The molecule has 3 aromatic rings. The van der Waals surface area contributed by atoms with E-state index in [2.05, 4.69) is 24.4 Å². The third-order valence-corrected chi connectivity index (χ3v) is 7.95. The number of thiophene rings is 1. The fourth-order valence-corrected chi connectivity index (χ4v) is 5.78. The fourth-order valence-electron chi connectivity index (χ4n) is 4.85. The minimum Gasteiger partial charge on any atom is -0.491 e. The maximum Gasteiger partial charge on any atom is 0.254 e. The monoisotopic (exact) mass is 488 g/mol. The van der Waals surface area contributed by atoms with Crippen LogP contribution in [0.15, 0.2) is 60.0 Å². The predicted octanol–water partition coefficient (Wildman–Crippen LogP) is 5.42. The molecule has 5 nitrogen and oxygen atoms in total. The summed E-state index contributed by atoms with van der Waals surface area (Å²) in [5, 5.41) is 2.10. The molecular formula is C29H32N2O3S. The van der Waals surface area contributed by atoms with Crippen LogP contribution in [0, 0.1) is 19.8 Å². The average molecular weight is 489 g/mol. The van der Waals surface area contributed by atoms with Crippen LogP contribution >= 0.6 is 11.3 Å². The van der Waals surface area contributed by atoms with Crippen molar-refractivity contribution in [2.75, 3.05) is 26.2 Å². The number of ether oxygens (including phenoxy) is 1. The Hall–Kier alpha value is -3.12. The van der Waals surface area contributed by atoms with Crippen molar-refractivity contribution >= 4 is 23.2 Å². The summed E-state index contributed by atoms with van der Waals surface area (Å²) in [6, 6.07) is 17.4. The molecule has 2 aromatic carbocycles. The van der Waals surface area contributed by atoms with Crippen molar-refractivity contribution < 1.29 is 14.3 Å². The van der Waals surface area contributed by atoms with Gasteiger partial charge in [-0.15, -0.1) is 11.3 Å². The van der Waals surface area contributed by atoms with E-state index in [1.807, 2.05) is 54.3 Å². The molecule has 1 unspecified atom stereocenters. The summed E-state index contributed by atoms with van der Waals surface area (Å²) in [7, 11) is 0. The van der Waals surface area contributed by atoms with E-state index in [-0.39, 0.29) is 24.4 Å². The number of rotatable bonds is 8. The molecule has 0 bridgehead atoms. The van der Waals surface area contributed by atoms with E-state index in [1.165, 1.54) is 16.0 Å². The van der Waals surface area contributed by atoms with Gasteiger partial charge in [-0.3, -0.25) is 9.59 Å². The number of aryl methyl sites for hydroxylation is 2. The molecule has 0 saturated heterocycles. The topological polar surface area (TPSA) is 49.9 Å². The molecule has 35 heavy (non-hydrogen) atoms. The lowest BCUT2D eigenvalue weighted by Gasteiger charge is -2.37. The summed E-state index contributed by atoms with van der Waals surface area (Å²) in [4.78, 5) is 32.0. The maximum absolute atomic E-state index is 13.7. The van der Waals surface area contributed by atoms with Gasteiger partial charge in [-0.2, -0.15) is 0 Å². The number of benzene rings is 2. The van der Waals surface area contributed by atoms with Gasteiger partial charge in [0.25, 0.3) is 5.91 Å². The van der Waals surface area contributed by atoms with Crippen molar-refractivity contribution in [1.82, 2.24) is 9.80 Å². The minimum absolute atomic E-state index is 0.0130. The molecule has 0 radical (unpaired) electrons. The molecule has 1 aliphatic carbocycles. The molecule has 182 valence electrons. The first-order valence-corrected chi connectivity index (χ1v) is 13.3. The minimum atomic E-state index is -0.159. The van der Waals surface area contributed by atoms with Crippen LogP contribution in [0.1, 0.15) is 50.8 Å². The molecule has 1 aromatic heterocycles. The highest BCUT2D eigenvalue weighted by molar-refractivity contribution is 7.10. The summed E-state index contributed by atoms with van der Waals surface area (Å²) in [5.74, 6) is 1.27. The quantitative estimate of drug-likeness (QED) is 0.425. The van der Waals surface area contributed by atoms with Crippen molar-refractivity contribution in [1.29, 1.82) is 0 Å². The fraction of sp³-hybridized carbons (Fsp3) is 0.379. The Labute approximate surface area is 211 Å². The Kier molecular flexibility index (Phi) is 6.91.